The molecule has 0 aromatic carbocycles. The summed E-state index contributed by atoms with van der Waals surface area (Å²) in [5.74, 6) is 2.21. The highest BCUT2D eigenvalue weighted by molar-refractivity contribution is 7.99. The van der Waals surface area contributed by atoms with Gasteiger partial charge in [0, 0.05) is 13.0 Å². The van der Waals surface area contributed by atoms with Gasteiger partial charge in [0.1, 0.15) is 0 Å². The molecule has 16 heavy (non-hydrogen) atoms. The Morgan fingerprint density at radius 3 is 2.69 bits per heavy atom. The Morgan fingerprint density at radius 2 is 2.06 bits per heavy atom. The zero-order chi connectivity index (χ0) is 11.6. The van der Waals surface area contributed by atoms with Gasteiger partial charge in [-0.25, -0.2) is 0 Å². The van der Waals surface area contributed by atoms with Crippen LogP contribution in [0.2, 0.25) is 0 Å². The van der Waals surface area contributed by atoms with Gasteiger partial charge in [-0.15, -0.1) is 0 Å². The molecule has 0 aromatic heterocycles. The summed E-state index contributed by atoms with van der Waals surface area (Å²) >= 11 is 1.94. The van der Waals surface area contributed by atoms with E-state index in [9.17, 15) is 8.42 Å². The average Bonchev–Trinajstić information content (AvgIpc) is 2.16. The van der Waals surface area contributed by atoms with E-state index in [1.54, 1.807) is 0 Å². The molecule has 1 spiro atoms. The highest BCUT2D eigenvalue weighted by atomic mass is 32.2. The van der Waals surface area contributed by atoms with Crippen LogP contribution in [0.5, 0.6) is 0 Å². The van der Waals surface area contributed by atoms with Crippen molar-refractivity contribution in [1.82, 2.24) is 0 Å². The van der Waals surface area contributed by atoms with Crippen LogP contribution in [0, 0.1) is 0 Å². The monoisotopic (exact) mass is 266 g/mol. The fourth-order valence-electron chi connectivity index (χ4n) is 2.40. The highest BCUT2D eigenvalue weighted by Gasteiger charge is 2.40. The molecule has 0 aliphatic carbocycles. The molecule has 2 fully saturated rings. The van der Waals surface area contributed by atoms with Crippen molar-refractivity contribution in [2.45, 2.75) is 37.4 Å². The molecule has 0 amide bonds. The lowest BCUT2D eigenvalue weighted by Gasteiger charge is -2.42. The Hall–Kier alpha value is 0.220. The molecular formula is C10H18O4S2. The molecule has 2 rings (SSSR count). The summed E-state index contributed by atoms with van der Waals surface area (Å²) in [5, 5.41) is 0. The van der Waals surface area contributed by atoms with E-state index >= 15 is 0 Å². The maximum atomic E-state index is 11.1. The van der Waals surface area contributed by atoms with Gasteiger partial charge in [0.25, 0.3) is 10.1 Å². The van der Waals surface area contributed by atoms with Crippen LogP contribution >= 0.6 is 11.8 Å². The average molecular weight is 266 g/mol. The van der Waals surface area contributed by atoms with Gasteiger partial charge in [0.15, 0.2) is 0 Å². The molecule has 2 saturated heterocycles. The normalized spacial score (nSPS) is 30.4. The predicted octanol–water partition coefficient (Wildman–Crippen LogP) is 1.41. The zero-order valence-corrected chi connectivity index (χ0v) is 11.1. The fourth-order valence-corrected chi connectivity index (χ4v) is 4.30. The van der Waals surface area contributed by atoms with Crippen molar-refractivity contribution < 1.29 is 17.3 Å². The van der Waals surface area contributed by atoms with Crippen molar-refractivity contribution in [2.75, 3.05) is 24.4 Å². The lowest BCUT2D eigenvalue weighted by molar-refractivity contribution is -0.115. The van der Waals surface area contributed by atoms with Gasteiger partial charge >= 0.3 is 0 Å². The zero-order valence-electron chi connectivity index (χ0n) is 9.48. The van der Waals surface area contributed by atoms with Crippen molar-refractivity contribution in [2.24, 2.45) is 0 Å². The molecular weight excluding hydrogens is 248 g/mol. The SMILES string of the molecule is CS(=O)(=O)OC1CCOC2(CCSCC2)C1. The van der Waals surface area contributed by atoms with E-state index in [1.807, 2.05) is 11.8 Å². The topological polar surface area (TPSA) is 52.6 Å². The molecule has 0 N–H and O–H groups in total. The lowest BCUT2D eigenvalue weighted by atomic mass is 9.87. The second kappa shape index (κ2) is 4.84. The summed E-state index contributed by atoms with van der Waals surface area (Å²) in [6.45, 7) is 0.616. The lowest BCUT2D eigenvalue weighted by Crippen LogP contribution is -2.45. The van der Waals surface area contributed by atoms with Crippen LogP contribution in [0.15, 0.2) is 0 Å². The molecule has 1 unspecified atom stereocenters. The number of thioether (sulfide) groups is 1. The first-order chi connectivity index (χ1) is 7.49. The van der Waals surface area contributed by atoms with Crippen molar-refractivity contribution >= 4 is 21.9 Å². The van der Waals surface area contributed by atoms with E-state index in [0.717, 1.165) is 37.0 Å². The van der Waals surface area contributed by atoms with Crippen LogP contribution in [-0.2, 0) is 19.0 Å². The van der Waals surface area contributed by atoms with Gasteiger partial charge in [0.2, 0.25) is 0 Å². The second-order valence-electron chi connectivity index (χ2n) is 4.56. The van der Waals surface area contributed by atoms with E-state index < -0.39 is 10.1 Å². The van der Waals surface area contributed by atoms with Crippen molar-refractivity contribution in [3.05, 3.63) is 0 Å². The van der Waals surface area contributed by atoms with Gasteiger partial charge in [0.05, 0.1) is 18.0 Å². The van der Waals surface area contributed by atoms with Crippen LogP contribution in [-0.4, -0.2) is 44.5 Å². The van der Waals surface area contributed by atoms with Crippen molar-refractivity contribution in [3.63, 3.8) is 0 Å². The molecule has 2 aliphatic heterocycles. The molecule has 0 radical (unpaired) electrons. The Labute approximate surface area is 101 Å². The van der Waals surface area contributed by atoms with E-state index in [4.69, 9.17) is 8.92 Å². The minimum absolute atomic E-state index is 0.112. The summed E-state index contributed by atoms with van der Waals surface area (Å²) in [4.78, 5) is 0. The Balaban J connectivity index is 1.98. The second-order valence-corrected chi connectivity index (χ2v) is 7.38. The number of hydrogen-bond acceptors (Lipinski definition) is 5. The Morgan fingerprint density at radius 1 is 1.38 bits per heavy atom. The van der Waals surface area contributed by atoms with Crippen LogP contribution in [0.4, 0.5) is 0 Å². The van der Waals surface area contributed by atoms with Crippen molar-refractivity contribution in [1.29, 1.82) is 0 Å². The van der Waals surface area contributed by atoms with E-state index in [2.05, 4.69) is 0 Å². The molecule has 0 aromatic rings. The van der Waals surface area contributed by atoms with Crippen LogP contribution in [0.25, 0.3) is 0 Å². The molecule has 6 heteroatoms. The van der Waals surface area contributed by atoms with Gasteiger partial charge in [-0.3, -0.25) is 4.18 Å². The maximum Gasteiger partial charge on any atom is 0.264 e. The first-order valence-corrected chi connectivity index (χ1v) is 8.56. The molecule has 2 aliphatic rings. The molecule has 4 nitrogen and oxygen atoms in total. The van der Waals surface area contributed by atoms with Crippen LogP contribution in [0.3, 0.4) is 0 Å². The highest BCUT2D eigenvalue weighted by Crippen LogP contribution is 2.38. The third-order valence-corrected chi connectivity index (χ3v) is 4.77. The van der Waals surface area contributed by atoms with E-state index in [-0.39, 0.29) is 11.7 Å². The summed E-state index contributed by atoms with van der Waals surface area (Å²) < 4.78 is 33.2. The standard InChI is InChI=1S/C10H18O4S2/c1-16(11,12)14-9-2-5-13-10(8-9)3-6-15-7-4-10/h9H,2-8H2,1H3. The Bertz CT molecular complexity index is 327. The summed E-state index contributed by atoms with van der Waals surface area (Å²) in [6.07, 6.45) is 4.36. The number of ether oxygens (including phenoxy) is 1. The maximum absolute atomic E-state index is 11.1. The minimum atomic E-state index is -3.34. The summed E-state index contributed by atoms with van der Waals surface area (Å²) in [7, 11) is -3.34. The van der Waals surface area contributed by atoms with Gasteiger partial charge in [-0.05, 0) is 30.8 Å². The third kappa shape index (κ3) is 3.35. The molecule has 94 valence electrons. The van der Waals surface area contributed by atoms with Gasteiger partial charge in [-0.1, -0.05) is 0 Å². The molecule has 0 saturated carbocycles. The first kappa shape index (κ1) is 12.7. The Kier molecular flexibility index (Phi) is 3.83. The molecule has 2 heterocycles. The number of hydrogen-bond donors (Lipinski definition) is 0. The number of rotatable bonds is 2. The predicted molar refractivity (Wildman–Crippen MR) is 64.2 cm³/mol. The smallest absolute Gasteiger partial charge is 0.264 e. The summed E-state index contributed by atoms with van der Waals surface area (Å²) in [6, 6.07) is 0. The van der Waals surface area contributed by atoms with E-state index in [1.165, 1.54) is 0 Å². The summed E-state index contributed by atoms with van der Waals surface area (Å²) in [5.41, 5.74) is -0.112. The molecule has 0 bridgehead atoms. The van der Waals surface area contributed by atoms with Crippen molar-refractivity contribution in [3.8, 4) is 0 Å². The molecule has 1 atom stereocenters. The van der Waals surface area contributed by atoms with Crippen LogP contribution in [0.1, 0.15) is 25.7 Å². The third-order valence-electron chi connectivity index (χ3n) is 3.16. The fraction of sp³-hybridized carbons (Fsp3) is 1.00. The van der Waals surface area contributed by atoms with E-state index in [0.29, 0.717) is 13.0 Å². The van der Waals surface area contributed by atoms with Gasteiger partial charge in [-0.2, -0.15) is 20.2 Å². The first-order valence-electron chi connectivity index (χ1n) is 5.59. The largest absolute Gasteiger partial charge is 0.375 e. The minimum Gasteiger partial charge on any atom is -0.375 e. The quantitative estimate of drug-likeness (QED) is 0.707. The van der Waals surface area contributed by atoms with Gasteiger partial charge < -0.3 is 4.74 Å². The van der Waals surface area contributed by atoms with Crippen LogP contribution < -0.4 is 0 Å².